The molecule has 0 aliphatic carbocycles. The zero-order valence-corrected chi connectivity index (χ0v) is 15.9. The van der Waals surface area contributed by atoms with Crippen LogP contribution in [-0.4, -0.2) is 38.8 Å². The molecule has 0 radical (unpaired) electrons. The van der Waals surface area contributed by atoms with Crippen molar-refractivity contribution in [2.24, 2.45) is 5.92 Å². The summed E-state index contributed by atoms with van der Waals surface area (Å²) < 4.78 is 53.5. The number of hydrogen-bond acceptors (Lipinski definition) is 5. The van der Waals surface area contributed by atoms with Crippen LogP contribution >= 0.6 is 0 Å². The van der Waals surface area contributed by atoms with Gasteiger partial charge in [-0.25, -0.2) is 4.39 Å². The van der Waals surface area contributed by atoms with Crippen LogP contribution in [0.5, 0.6) is 0 Å². The largest absolute Gasteiger partial charge is 0.453 e. The first-order valence-corrected chi connectivity index (χ1v) is 9.34. The van der Waals surface area contributed by atoms with E-state index >= 15 is 0 Å². The molecule has 1 fully saturated rings. The lowest BCUT2D eigenvalue weighted by atomic mass is 9.95. The van der Waals surface area contributed by atoms with E-state index in [-0.39, 0.29) is 17.5 Å². The number of carbonyl (C=O) groups is 1. The number of rotatable bonds is 3. The average Bonchev–Trinajstić information content (AvgIpc) is 3.14. The van der Waals surface area contributed by atoms with Crippen LogP contribution in [0.1, 0.15) is 24.2 Å². The van der Waals surface area contributed by atoms with Gasteiger partial charge in [-0.1, -0.05) is 6.07 Å². The van der Waals surface area contributed by atoms with Crippen molar-refractivity contribution in [3.05, 3.63) is 47.5 Å². The predicted octanol–water partition coefficient (Wildman–Crippen LogP) is 3.45. The number of aromatic nitrogens is 4. The summed E-state index contributed by atoms with van der Waals surface area (Å²) in [6, 6.07) is 7.52. The second kappa shape index (κ2) is 7.54. The number of alkyl halides is 3. The second-order valence-electron chi connectivity index (χ2n) is 7.20. The number of carbonyl (C=O) groups excluding carboxylic acids is 1. The Bertz CT molecular complexity index is 1090. The number of anilines is 2. The minimum Gasteiger partial charge on any atom is -0.355 e. The molecule has 11 heteroatoms. The molecule has 1 saturated heterocycles. The molecular weight excluding hydrogens is 404 g/mol. The Morgan fingerprint density at radius 3 is 2.53 bits per heavy atom. The second-order valence-corrected chi connectivity index (χ2v) is 7.20. The third-order valence-electron chi connectivity index (χ3n) is 5.13. The predicted molar refractivity (Wildman–Crippen MR) is 100 cm³/mol. The van der Waals surface area contributed by atoms with Crippen molar-refractivity contribution in [2.75, 3.05) is 23.3 Å². The van der Waals surface area contributed by atoms with Gasteiger partial charge in [0.25, 0.3) is 5.82 Å². The molecule has 0 unspecified atom stereocenters. The number of nitrogens with zero attached hydrogens (tertiary/aromatic N) is 5. The van der Waals surface area contributed by atoms with Gasteiger partial charge in [-0.3, -0.25) is 4.79 Å². The summed E-state index contributed by atoms with van der Waals surface area (Å²) >= 11 is 0. The smallest absolute Gasteiger partial charge is 0.355 e. The van der Waals surface area contributed by atoms with Gasteiger partial charge in [-0.2, -0.15) is 17.7 Å². The van der Waals surface area contributed by atoms with E-state index in [0.29, 0.717) is 47.5 Å². The number of fused-ring (bicyclic) bond motifs is 1. The van der Waals surface area contributed by atoms with E-state index in [1.54, 1.807) is 25.1 Å². The van der Waals surface area contributed by atoms with Crippen LogP contribution < -0.4 is 10.2 Å². The molecule has 30 heavy (non-hydrogen) atoms. The molecule has 2 aromatic heterocycles. The molecule has 0 bridgehead atoms. The Morgan fingerprint density at radius 1 is 1.13 bits per heavy atom. The lowest BCUT2D eigenvalue weighted by molar-refractivity contribution is -0.146. The summed E-state index contributed by atoms with van der Waals surface area (Å²) in [5.74, 6) is -1.71. The standard InChI is InChI=1S/C19H18F4N6O/c1-11-2-3-13(10-14(11)20)24-17(30)12-6-8-28(9-7-12)16-5-4-15-25-26-18(19(21,22)23)29(15)27-16/h2-5,10,12H,6-9H2,1H3,(H,24,30). The van der Waals surface area contributed by atoms with Crippen LogP contribution in [0.25, 0.3) is 5.65 Å². The minimum atomic E-state index is -4.66. The topological polar surface area (TPSA) is 75.4 Å². The normalized spacial score (nSPS) is 15.6. The number of hydrogen-bond donors (Lipinski definition) is 1. The maximum absolute atomic E-state index is 13.7. The van der Waals surface area contributed by atoms with Crippen LogP contribution in [-0.2, 0) is 11.0 Å². The van der Waals surface area contributed by atoms with Crippen molar-refractivity contribution in [1.82, 2.24) is 19.8 Å². The van der Waals surface area contributed by atoms with Crippen LogP contribution in [0.15, 0.2) is 30.3 Å². The summed E-state index contributed by atoms with van der Waals surface area (Å²) in [6.07, 6.45) is -3.67. The Balaban J connectivity index is 1.42. The van der Waals surface area contributed by atoms with Crippen molar-refractivity contribution < 1.29 is 22.4 Å². The molecule has 7 nitrogen and oxygen atoms in total. The highest BCUT2D eigenvalue weighted by atomic mass is 19.4. The van der Waals surface area contributed by atoms with Crippen molar-refractivity contribution >= 4 is 23.1 Å². The van der Waals surface area contributed by atoms with Gasteiger partial charge in [0, 0.05) is 24.7 Å². The third-order valence-corrected chi connectivity index (χ3v) is 5.13. The van der Waals surface area contributed by atoms with Crippen LogP contribution in [0.4, 0.5) is 29.1 Å². The van der Waals surface area contributed by atoms with Gasteiger partial charge in [0.1, 0.15) is 11.6 Å². The number of benzene rings is 1. The number of aryl methyl sites for hydroxylation is 1. The number of nitrogens with one attached hydrogen (secondary N) is 1. The van der Waals surface area contributed by atoms with Gasteiger partial charge < -0.3 is 10.2 Å². The first kappa shape index (κ1) is 20.0. The molecule has 0 saturated carbocycles. The van der Waals surface area contributed by atoms with E-state index in [2.05, 4.69) is 20.6 Å². The molecular formula is C19H18F4N6O. The molecule has 1 aliphatic rings. The first-order chi connectivity index (χ1) is 14.2. The number of amides is 1. The molecule has 4 rings (SSSR count). The summed E-state index contributed by atoms with van der Waals surface area (Å²) in [5.41, 5.74) is 0.892. The highest BCUT2D eigenvalue weighted by Crippen LogP contribution is 2.29. The summed E-state index contributed by atoms with van der Waals surface area (Å²) in [6.45, 7) is 2.53. The van der Waals surface area contributed by atoms with Crippen molar-refractivity contribution in [3.63, 3.8) is 0 Å². The first-order valence-electron chi connectivity index (χ1n) is 9.34. The van der Waals surface area contributed by atoms with Crippen molar-refractivity contribution in [1.29, 1.82) is 0 Å². The van der Waals surface area contributed by atoms with E-state index in [1.807, 2.05) is 4.90 Å². The highest BCUT2D eigenvalue weighted by Gasteiger charge is 2.38. The maximum atomic E-state index is 13.7. The summed E-state index contributed by atoms with van der Waals surface area (Å²) in [5, 5.41) is 13.4. The molecule has 1 N–H and O–H groups in total. The van der Waals surface area contributed by atoms with Crippen molar-refractivity contribution in [2.45, 2.75) is 25.9 Å². The van der Waals surface area contributed by atoms with Gasteiger partial charge >= 0.3 is 6.18 Å². The highest BCUT2D eigenvalue weighted by molar-refractivity contribution is 5.92. The van der Waals surface area contributed by atoms with Crippen LogP contribution in [0.3, 0.4) is 0 Å². The van der Waals surface area contributed by atoms with Gasteiger partial charge in [0.15, 0.2) is 5.65 Å². The maximum Gasteiger partial charge on any atom is 0.453 e. The summed E-state index contributed by atoms with van der Waals surface area (Å²) in [4.78, 5) is 14.3. The number of piperidine rings is 1. The van der Waals surface area contributed by atoms with E-state index < -0.39 is 17.8 Å². The molecule has 1 aliphatic heterocycles. The Labute approximate surface area is 168 Å². The zero-order chi connectivity index (χ0) is 21.5. The Morgan fingerprint density at radius 2 is 1.87 bits per heavy atom. The Hall–Kier alpha value is -3.24. The van der Waals surface area contributed by atoms with Gasteiger partial charge in [0.2, 0.25) is 5.91 Å². The Kier molecular flexibility index (Phi) is 5.04. The zero-order valence-electron chi connectivity index (χ0n) is 15.9. The minimum absolute atomic E-state index is 0.00525. The average molecular weight is 422 g/mol. The fraction of sp³-hybridized carbons (Fsp3) is 0.368. The third kappa shape index (κ3) is 3.91. The van der Waals surface area contributed by atoms with Gasteiger partial charge in [-0.05, 0) is 49.6 Å². The quantitative estimate of drug-likeness (QED) is 0.655. The molecule has 1 amide bonds. The lowest BCUT2D eigenvalue weighted by Gasteiger charge is -2.32. The number of halogens is 4. The van der Waals surface area contributed by atoms with Gasteiger partial charge in [-0.15, -0.1) is 15.3 Å². The molecule has 3 aromatic rings. The van der Waals surface area contributed by atoms with Gasteiger partial charge in [0.05, 0.1) is 0 Å². The van der Waals surface area contributed by atoms with E-state index in [0.717, 1.165) is 0 Å². The van der Waals surface area contributed by atoms with E-state index in [9.17, 15) is 22.4 Å². The summed E-state index contributed by atoms with van der Waals surface area (Å²) in [7, 11) is 0. The monoisotopic (exact) mass is 422 g/mol. The molecule has 1 aromatic carbocycles. The van der Waals surface area contributed by atoms with E-state index in [1.165, 1.54) is 12.1 Å². The molecule has 158 valence electrons. The van der Waals surface area contributed by atoms with Crippen LogP contribution in [0, 0.1) is 18.7 Å². The fourth-order valence-electron chi connectivity index (χ4n) is 3.41. The van der Waals surface area contributed by atoms with Crippen molar-refractivity contribution in [3.8, 4) is 0 Å². The SMILES string of the molecule is Cc1ccc(NC(=O)C2CCN(c3ccc4nnc(C(F)(F)F)n4n3)CC2)cc1F. The fourth-order valence-corrected chi connectivity index (χ4v) is 3.41. The lowest BCUT2D eigenvalue weighted by Crippen LogP contribution is -2.38. The van der Waals surface area contributed by atoms with Crippen LogP contribution in [0.2, 0.25) is 0 Å². The molecule has 0 atom stereocenters. The van der Waals surface area contributed by atoms with E-state index in [4.69, 9.17) is 0 Å². The molecule has 3 heterocycles. The molecule has 0 spiro atoms.